The summed E-state index contributed by atoms with van der Waals surface area (Å²) in [4.78, 5) is 14.0. The molecule has 1 N–H and O–H groups in total. The second kappa shape index (κ2) is 8.86. The summed E-state index contributed by atoms with van der Waals surface area (Å²) in [6, 6.07) is 3.08. The molecule has 1 fully saturated rings. The van der Waals surface area contributed by atoms with E-state index in [0.717, 1.165) is 45.2 Å². The SMILES string of the molecule is CCCN(CCC)c1cc(C)c(S(=O)(=O)N2CCCCC2)cc1C(=O)O. The van der Waals surface area contributed by atoms with Gasteiger partial charge in [-0.25, -0.2) is 13.2 Å². The van der Waals surface area contributed by atoms with Crippen LogP contribution in [0.3, 0.4) is 0 Å². The minimum Gasteiger partial charge on any atom is -0.478 e. The Morgan fingerprint density at radius 3 is 2.19 bits per heavy atom. The van der Waals surface area contributed by atoms with Crippen molar-refractivity contribution in [1.29, 1.82) is 0 Å². The maximum Gasteiger partial charge on any atom is 0.337 e. The van der Waals surface area contributed by atoms with Gasteiger partial charge >= 0.3 is 5.97 Å². The summed E-state index contributed by atoms with van der Waals surface area (Å²) < 4.78 is 27.6. The van der Waals surface area contributed by atoms with E-state index in [1.54, 1.807) is 13.0 Å². The van der Waals surface area contributed by atoms with Crippen LogP contribution in [0.5, 0.6) is 0 Å². The zero-order valence-corrected chi connectivity index (χ0v) is 16.8. The van der Waals surface area contributed by atoms with Gasteiger partial charge in [-0.15, -0.1) is 0 Å². The maximum absolute atomic E-state index is 13.0. The Morgan fingerprint density at radius 1 is 1.12 bits per heavy atom. The zero-order valence-electron chi connectivity index (χ0n) is 16.0. The van der Waals surface area contributed by atoms with Crippen molar-refractivity contribution in [3.63, 3.8) is 0 Å². The number of hydrogen-bond acceptors (Lipinski definition) is 4. The average molecular weight is 383 g/mol. The fraction of sp³-hybridized carbons (Fsp3) is 0.632. The van der Waals surface area contributed by atoms with Crippen LogP contribution in [0.25, 0.3) is 0 Å². The molecule has 1 saturated heterocycles. The van der Waals surface area contributed by atoms with E-state index in [1.165, 1.54) is 10.4 Å². The quantitative estimate of drug-likeness (QED) is 0.744. The summed E-state index contributed by atoms with van der Waals surface area (Å²) >= 11 is 0. The fourth-order valence-corrected chi connectivity index (χ4v) is 5.27. The molecule has 0 atom stereocenters. The minimum absolute atomic E-state index is 0.0630. The molecule has 1 aliphatic rings. The summed E-state index contributed by atoms with van der Waals surface area (Å²) in [6.07, 6.45) is 4.52. The van der Waals surface area contributed by atoms with Crippen molar-refractivity contribution in [3.8, 4) is 0 Å². The van der Waals surface area contributed by atoms with Gasteiger partial charge in [0, 0.05) is 26.2 Å². The van der Waals surface area contributed by atoms with Crippen LogP contribution < -0.4 is 4.90 Å². The molecule has 0 aromatic heterocycles. The molecule has 0 amide bonds. The summed E-state index contributed by atoms with van der Waals surface area (Å²) in [5.74, 6) is -1.09. The average Bonchev–Trinajstić information content (AvgIpc) is 2.61. The number of benzene rings is 1. The zero-order chi connectivity index (χ0) is 19.3. The molecule has 0 bridgehead atoms. The standard InChI is InChI=1S/C19H30N2O4S/c1-4-9-20(10-5-2)17-13-15(3)18(14-16(17)19(22)23)26(24,25)21-11-7-6-8-12-21/h13-14H,4-12H2,1-3H3,(H,22,23). The van der Waals surface area contributed by atoms with E-state index in [-0.39, 0.29) is 10.5 Å². The largest absolute Gasteiger partial charge is 0.478 e. The monoisotopic (exact) mass is 382 g/mol. The van der Waals surface area contributed by atoms with Crippen LogP contribution in [-0.2, 0) is 10.0 Å². The van der Waals surface area contributed by atoms with Crippen LogP contribution in [0.4, 0.5) is 5.69 Å². The van der Waals surface area contributed by atoms with E-state index >= 15 is 0 Å². The molecule has 146 valence electrons. The molecule has 1 aromatic carbocycles. The van der Waals surface area contributed by atoms with E-state index < -0.39 is 16.0 Å². The lowest BCUT2D eigenvalue weighted by Gasteiger charge is -2.29. The predicted molar refractivity (Wildman–Crippen MR) is 104 cm³/mol. The van der Waals surface area contributed by atoms with Crippen molar-refractivity contribution in [1.82, 2.24) is 4.31 Å². The van der Waals surface area contributed by atoms with Gasteiger partial charge in [0.2, 0.25) is 10.0 Å². The first kappa shape index (κ1) is 20.7. The van der Waals surface area contributed by atoms with Crippen molar-refractivity contribution in [3.05, 3.63) is 23.3 Å². The van der Waals surface area contributed by atoms with Crippen LogP contribution in [0.1, 0.15) is 61.9 Å². The van der Waals surface area contributed by atoms with Crippen LogP contribution in [0.15, 0.2) is 17.0 Å². The van der Waals surface area contributed by atoms with Crippen molar-refractivity contribution in [2.24, 2.45) is 0 Å². The lowest BCUT2D eigenvalue weighted by atomic mass is 10.1. The molecule has 0 unspecified atom stereocenters. The van der Waals surface area contributed by atoms with Crippen molar-refractivity contribution in [2.45, 2.75) is 57.8 Å². The van der Waals surface area contributed by atoms with E-state index in [2.05, 4.69) is 0 Å². The number of carboxylic acids is 1. The van der Waals surface area contributed by atoms with Crippen molar-refractivity contribution in [2.75, 3.05) is 31.1 Å². The molecule has 0 aliphatic carbocycles. The first-order valence-corrected chi connectivity index (χ1v) is 10.9. The highest BCUT2D eigenvalue weighted by molar-refractivity contribution is 7.89. The van der Waals surface area contributed by atoms with Gasteiger partial charge in [-0.1, -0.05) is 20.3 Å². The fourth-order valence-electron chi connectivity index (χ4n) is 3.52. The molecule has 2 rings (SSSR count). The van der Waals surface area contributed by atoms with E-state index in [0.29, 0.717) is 24.3 Å². The van der Waals surface area contributed by atoms with Gasteiger partial charge in [0.25, 0.3) is 0 Å². The number of sulfonamides is 1. The van der Waals surface area contributed by atoms with Gasteiger partial charge in [-0.05, 0) is 50.3 Å². The molecule has 0 saturated carbocycles. The van der Waals surface area contributed by atoms with Gasteiger partial charge in [0.15, 0.2) is 0 Å². The van der Waals surface area contributed by atoms with Crippen LogP contribution in [0, 0.1) is 6.92 Å². The van der Waals surface area contributed by atoms with E-state index in [1.807, 2.05) is 18.7 Å². The van der Waals surface area contributed by atoms with Crippen LogP contribution in [0.2, 0.25) is 0 Å². The number of anilines is 1. The first-order chi connectivity index (χ1) is 12.3. The highest BCUT2D eigenvalue weighted by Gasteiger charge is 2.29. The van der Waals surface area contributed by atoms with Gasteiger partial charge in [-0.3, -0.25) is 0 Å². The molecule has 6 nitrogen and oxygen atoms in total. The Kier molecular flexibility index (Phi) is 7.06. The summed E-state index contributed by atoms with van der Waals surface area (Å²) in [6.45, 7) is 8.34. The Bertz CT molecular complexity index is 734. The lowest BCUT2D eigenvalue weighted by Crippen LogP contribution is -2.36. The number of rotatable bonds is 8. The second-order valence-electron chi connectivity index (χ2n) is 6.89. The highest BCUT2D eigenvalue weighted by atomic mass is 32.2. The van der Waals surface area contributed by atoms with Gasteiger partial charge in [-0.2, -0.15) is 4.31 Å². The molecule has 1 heterocycles. The van der Waals surface area contributed by atoms with Crippen LogP contribution >= 0.6 is 0 Å². The van der Waals surface area contributed by atoms with E-state index in [9.17, 15) is 18.3 Å². The molecular formula is C19H30N2O4S. The normalized spacial score (nSPS) is 15.8. The summed E-state index contributed by atoms with van der Waals surface area (Å²) in [5.41, 5.74) is 1.28. The number of aromatic carboxylic acids is 1. The van der Waals surface area contributed by atoms with Crippen LogP contribution in [-0.4, -0.2) is 50.0 Å². The maximum atomic E-state index is 13.0. The molecule has 0 spiro atoms. The van der Waals surface area contributed by atoms with Crippen molar-refractivity contribution >= 4 is 21.7 Å². The summed E-state index contributed by atoms with van der Waals surface area (Å²) in [7, 11) is -3.66. The van der Waals surface area contributed by atoms with E-state index in [4.69, 9.17) is 0 Å². The summed E-state index contributed by atoms with van der Waals surface area (Å²) in [5, 5.41) is 9.71. The third-order valence-electron chi connectivity index (χ3n) is 4.78. The highest BCUT2D eigenvalue weighted by Crippen LogP contribution is 2.31. The van der Waals surface area contributed by atoms with Crippen molar-refractivity contribution < 1.29 is 18.3 Å². The third-order valence-corrected chi connectivity index (χ3v) is 6.82. The Morgan fingerprint density at radius 2 is 1.69 bits per heavy atom. The number of nitrogens with zero attached hydrogens (tertiary/aromatic N) is 2. The third kappa shape index (κ3) is 4.38. The smallest absolute Gasteiger partial charge is 0.337 e. The first-order valence-electron chi connectivity index (χ1n) is 9.46. The second-order valence-corrected chi connectivity index (χ2v) is 8.80. The molecular weight excluding hydrogens is 352 g/mol. The number of carboxylic acid groups (broad SMARTS) is 1. The number of carbonyl (C=O) groups is 1. The molecule has 7 heteroatoms. The minimum atomic E-state index is -3.66. The predicted octanol–water partition coefficient (Wildman–Crippen LogP) is 3.49. The van der Waals surface area contributed by atoms with Gasteiger partial charge in [0.05, 0.1) is 16.1 Å². The lowest BCUT2D eigenvalue weighted by molar-refractivity contribution is 0.0697. The Hall–Kier alpha value is -1.60. The Labute approximate surface area is 156 Å². The number of hydrogen-bond donors (Lipinski definition) is 1. The molecule has 1 aromatic rings. The topological polar surface area (TPSA) is 77.9 Å². The number of aryl methyl sites for hydroxylation is 1. The molecule has 1 aliphatic heterocycles. The van der Waals surface area contributed by atoms with Gasteiger partial charge < -0.3 is 10.0 Å². The molecule has 0 radical (unpaired) electrons. The Balaban J connectivity index is 2.53. The molecule has 26 heavy (non-hydrogen) atoms. The van der Waals surface area contributed by atoms with Gasteiger partial charge in [0.1, 0.15) is 0 Å². The number of piperidine rings is 1.